The van der Waals surface area contributed by atoms with Crippen molar-refractivity contribution in [1.82, 2.24) is 10.9 Å². The second kappa shape index (κ2) is 4.60. The average molecular weight is 160 g/mol. The molecule has 0 aromatic carbocycles. The minimum absolute atomic E-state index is 0.146. The van der Waals surface area contributed by atoms with Crippen LogP contribution in [0.1, 0.15) is 19.3 Å². The van der Waals surface area contributed by atoms with Gasteiger partial charge >= 0.3 is 0 Å². The molecular formula is C6H12N2OS. The van der Waals surface area contributed by atoms with Gasteiger partial charge in [0.25, 0.3) is 0 Å². The largest absolute Gasteiger partial charge is 0.362 e. The van der Waals surface area contributed by atoms with Gasteiger partial charge in [-0.15, -0.1) is 0 Å². The number of ether oxygens (including phenoxy) is 1. The molecule has 0 aromatic heterocycles. The number of hydrogen-bond acceptors (Lipinski definition) is 3. The average Bonchev–Trinajstić information content (AvgIpc) is 2.03. The van der Waals surface area contributed by atoms with E-state index in [2.05, 4.69) is 23.1 Å². The van der Waals surface area contributed by atoms with E-state index in [1.165, 1.54) is 18.3 Å². The zero-order chi connectivity index (χ0) is 7.23. The van der Waals surface area contributed by atoms with Crippen molar-refractivity contribution < 1.29 is 4.74 Å². The van der Waals surface area contributed by atoms with Gasteiger partial charge in [-0.2, -0.15) is 0 Å². The van der Waals surface area contributed by atoms with E-state index in [-0.39, 0.29) is 6.23 Å². The van der Waals surface area contributed by atoms with Crippen LogP contribution in [0.25, 0.3) is 0 Å². The maximum absolute atomic E-state index is 5.34. The van der Waals surface area contributed by atoms with Crippen molar-refractivity contribution in [2.75, 3.05) is 6.61 Å². The van der Waals surface area contributed by atoms with E-state index in [9.17, 15) is 0 Å². The standard InChI is InChI=1S/C6H12N2OS/c10-5-7-8-6-3-1-2-4-9-6/h5-6,8H,1-4H2,(H,7,10). The second-order valence-electron chi connectivity index (χ2n) is 2.26. The first-order chi connectivity index (χ1) is 4.93. The molecule has 0 aromatic rings. The Kier molecular flexibility index (Phi) is 3.64. The Labute approximate surface area is 66.1 Å². The van der Waals surface area contributed by atoms with Crippen molar-refractivity contribution in [2.45, 2.75) is 25.5 Å². The summed E-state index contributed by atoms with van der Waals surface area (Å²) in [6.45, 7) is 0.858. The van der Waals surface area contributed by atoms with Gasteiger partial charge in [0.2, 0.25) is 0 Å². The third-order valence-electron chi connectivity index (χ3n) is 1.48. The van der Waals surface area contributed by atoms with Crippen LogP contribution in [0.5, 0.6) is 0 Å². The highest BCUT2D eigenvalue weighted by molar-refractivity contribution is 7.78. The Balaban J connectivity index is 2.07. The highest BCUT2D eigenvalue weighted by Gasteiger charge is 2.11. The first kappa shape index (κ1) is 7.91. The normalized spacial score (nSPS) is 25.8. The van der Waals surface area contributed by atoms with E-state index in [0.29, 0.717) is 0 Å². The van der Waals surface area contributed by atoms with E-state index in [4.69, 9.17) is 4.74 Å². The zero-order valence-corrected chi connectivity index (χ0v) is 6.62. The molecule has 1 atom stereocenters. The summed E-state index contributed by atoms with van der Waals surface area (Å²) in [5.74, 6) is 0. The van der Waals surface area contributed by atoms with Gasteiger partial charge in [-0.3, -0.25) is 0 Å². The first-order valence-electron chi connectivity index (χ1n) is 3.50. The number of rotatable bonds is 3. The summed E-state index contributed by atoms with van der Waals surface area (Å²) >= 11 is 4.57. The molecule has 10 heavy (non-hydrogen) atoms. The Morgan fingerprint density at radius 3 is 3.00 bits per heavy atom. The summed E-state index contributed by atoms with van der Waals surface area (Å²) in [5, 5.41) is 0. The van der Waals surface area contributed by atoms with Crippen molar-refractivity contribution in [2.24, 2.45) is 0 Å². The molecule has 1 rings (SSSR count). The lowest BCUT2D eigenvalue weighted by molar-refractivity contribution is -0.00936. The predicted molar refractivity (Wildman–Crippen MR) is 43.5 cm³/mol. The van der Waals surface area contributed by atoms with Gasteiger partial charge in [0.15, 0.2) is 0 Å². The highest BCUT2D eigenvalue weighted by Crippen LogP contribution is 2.08. The highest BCUT2D eigenvalue weighted by atomic mass is 32.1. The van der Waals surface area contributed by atoms with Gasteiger partial charge in [0, 0.05) is 6.61 Å². The van der Waals surface area contributed by atoms with Crippen LogP contribution in [0.4, 0.5) is 0 Å². The van der Waals surface area contributed by atoms with Gasteiger partial charge in [0.05, 0.1) is 5.49 Å². The van der Waals surface area contributed by atoms with E-state index >= 15 is 0 Å². The zero-order valence-electron chi connectivity index (χ0n) is 5.80. The lowest BCUT2D eigenvalue weighted by Gasteiger charge is -2.22. The predicted octanol–water partition coefficient (Wildman–Crippen LogP) is 0.564. The van der Waals surface area contributed by atoms with E-state index < -0.39 is 0 Å². The third-order valence-corrected chi connectivity index (χ3v) is 1.60. The lowest BCUT2D eigenvalue weighted by Crippen LogP contribution is -2.42. The Bertz CT molecular complexity index is 104. The molecule has 1 aliphatic heterocycles. The third kappa shape index (κ3) is 2.60. The molecule has 0 radical (unpaired) electrons. The number of hydrazine groups is 1. The minimum atomic E-state index is 0.146. The summed E-state index contributed by atoms with van der Waals surface area (Å²) in [7, 11) is 0. The molecule has 2 N–H and O–H groups in total. The van der Waals surface area contributed by atoms with Crippen LogP contribution in [-0.4, -0.2) is 18.3 Å². The molecular weight excluding hydrogens is 148 g/mol. The summed E-state index contributed by atoms with van der Waals surface area (Å²) < 4.78 is 5.34. The topological polar surface area (TPSA) is 33.3 Å². The second-order valence-corrected chi connectivity index (χ2v) is 2.50. The van der Waals surface area contributed by atoms with Gasteiger partial charge in [0.1, 0.15) is 6.23 Å². The molecule has 1 unspecified atom stereocenters. The molecule has 0 bridgehead atoms. The smallest absolute Gasteiger partial charge is 0.124 e. The fourth-order valence-electron chi connectivity index (χ4n) is 0.982. The van der Waals surface area contributed by atoms with Crippen LogP contribution in [0.3, 0.4) is 0 Å². The van der Waals surface area contributed by atoms with Gasteiger partial charge in [-0.25, -0.2) is 5.43 Å². The Hall–Kier alpha value is -0.190. The van der Waals surface area contributed by atoms with Crippen molar-refractivity contribution in [3.05, 3.63) is 0 Å². The Morgan fingerprint density at radius 2 is 2.40 bits per heavy atom. The van der Waals surface area contributed by atoms with Crippen LogP contribution in [0.2, 0.25) is 0 Å². The lowest BCUT2D eigenvalue weighted by atomic mass is 10.2. The summed E-state index contributed by atoms with van der Waals surface area (Å²) in [4.78, 5) is 0. The van der Waals surface area contributed by atoms with Crippen molar-refractivity contribution in [3.8, 4) is 0 Å². The Morgan fingerprint density at radius 1 is 1.50 bits per heavy atom. The SMILES string of the molecule is S=CNNC1CCCCO1. The van der Waals surface area contributed by atoms with Gasteiger partial charge in [-0.1, -0.05) is 12.2 Å². The molecule has 1 aliphatic rings. The van der Waals surface area contributed by atoms with Gasteiger partial charge < -0.3 is 10.2 Å². The fraction of sp³-hybridized carbons (Fsp3) is 0.833. The molecule has 4 heteroatoms. The minimum Gasteiger partial charge on any atom is -0.362 e. The summed E-state index contributed by atoms with van der Waals surface area (Å²) in [6.07, 6.45) is 3.62. The molecule has 3 nitrogen and oxygen atoms in total. The van der Waals surface area contributed by atoms with Crippen molar-refractivity contribution in [3.63, 3.8) is 0 Å². The molecule has 1 fully saturated rings. The summed E-state index contributed by atoms with van der Waals surface area (Å²) in [5.41, 5.74) is 7.11. The molecule has 58 valence electrons. The quantitative estimate of drug-likeness (QED) is 0.467. The summed E-state index contributed by atoms with van der Waals surface area (Å²) in [6, 6.07) is 0. The van der Waals surface area contributed by atoms with Crippen molar-refractivity contribution >= 4 is 17.7 Å². The van der Waals surface area contributed by atoms with E-state index in [0.717, 1.165) is 13.0 Å². The maximum atomic E-state index is 5.34. The maximum Gasteiger partial charge on any atom is 0.124 e. The molecule has 0 aliphatic carbocycles. The van der Waals surface area contributed by atoms with Crippen LogP contribution in [0, 0.1) is 0 Å². The van der Waals surface area contributed by atoms with E-state index in [1.807, 2.05) is 0 Å². The monoisotopic (exact) mass is 160 g/mol. The van der Waals surface area contributed by atoms with Gasteiger partial charge in [-0.05, 0) is 19.3 Å². The molecule has 1 heterocycles. The van der Waals surface area contributed by atoms with Crippen LogP contribution in [-0.2, 0) is 4.74 Å². The van der Waals surface area contributed by atoms with Crippen LogP contribution >= 0.6 is 12.2 Å². The molecule has 0 saturated carbocycles. The number of nitrogens with one attached hydrogen (secondary N) is 2. The van der Waals surface area contributed by atoms with Crippen LogP contribution < -0.4 is 10.9 Å². The van der Waals surface area contributed by atoms with E-state index in [1.54, 1.807) is 0 Å². The number of hydrogen-bond donors (Lipinski definition) is 2. The van der Waals surface area contributed by atoms with Crippen LogP contribution in [0.15, 0.2) is 0 Å². The number of thiocarbonyl (C=S) groups is 1. The fourth-order valence-corrected chi connectivity index (χ4v) is 1.05. The molecule has 1 saturated heterocycles. The molecule has 0 amide bonds. The molecule has 0 spiro atoms. The van der Waals surface area contributed by atoms with Crippen molar-refractivity contribution in [1.29, 1.82) is 0 Å². The first-order valence-corrected chi connectivity index (χ1v) is 3.97.